The van der Waals surface area contributed by atoms with Gasteiger partial charge in [-0.3, -0.25) is 4.79 Å². The van der Waals surface area contributed by atoms with Crippen LogP contribution in [-0.2, 0) is 20.8 Å². The van der Waals surface area contributed by atoms with Gasteiger partial charge in [0.2, 0.25) is 18.1 Å². The van der Waals surface area contributed by atoms with Crippen molar-refractivity contribution in [3.8, 4) is 28.7 Å². The molecule has 0 unspecified atom stereocenters. The summed E-state index contributed by atoms with van der Waals surface area (Å²) in [7, 11) is 0. The number of amides is 1. The number of aromatic amines is 1. The maximum atomic E-state index is 13.7. The molecular formula is C29H28FN7O3. The van der Waals surface area contributed by atoms with Gasteiger partial charge >= 0.3 is 0 Å². The number of H-pyrrole nitrogens is 1. The minimum absolute atomic E-state index is 0.0963. The Morgan fingerprint density at radius 3 is 2.60 bits per heavy atom. The number of imidazole rings is 1. The molecule has 1 aliphatic heterocycles. The van der Waals surface area contributed by atoms with Crippen molar-refractivity contribution in [2.45, 2.75) is 26.2 Å². The molecule has 3 heterocycles. The fraction of sp³-hybridized carbons (Fsp3) is 0.276. The highest BCUT2D eigenvalue weighted by Crippen LogP contribution is 2.35. The molecule has 40 heavy (non-hydrogen) atoms. The quantitative estimate of drug-likeness (QED) is 0.266. The predicted octanol–water partition coefficient (Wildman–Crippen LogP) is 4.37. The lowest BCUT2D eigenvalue weighted by molar-refractivity contribution is -0.231. The molecule has 1 amide bonds. The van der Waals surface area contributed by atoms with Crippen molar-refractivity contribution in [3.05, 3.63) is 84.1 Å². The van der Waals surface area contributed by atoms with E-state index in [4.69, 9.17) is 19.7 Å². The lowest BCUT2D eigenvalue weighted by Crippen LogP contribution is -2.48. The number of hydrogen-bond acceptors (Lipinski definition) is 8. The third-order valence-electron chi connectivity index (χ3n) is 6.45. The zero-order valence-electron chi connectivity index (χ0n) is 21.9. The van der Waals surface area contributed by atoms with E-state index in [9.17, 15) is 9.18 Å². The SMILES string of the molecule is CC1(C(=O)NCCC#N)COC(c2nc(-c3ccc(F)cc3)c(-c3ccnc(NCc4ccccc4)n3)[nH]2)OC1. The molecule has 0 spiro atoms. The molecule has 11 heteroatoms. The summed E-state index contributed by atoms with van der Waals surface area (Å²) < 4.78 is 25.6. The molecule has 10 nitrogen and oxygen atoms in total. The van der Waals surface area contributed by atoms with Gasteiger partial charge < -0.3 is 25.1 Å². The normalized spacial score (nSPS) is 18.6. The third-order valence-corrected chi connectivity index (χ3v) is 6.45. The van der Waals surface area contributed by atoms with Gasteiger partial charge in [-0.25, -0.2) is 19.3 Å². The smallest absolute Gasteiger partial charge is 0.230 e. The summed E-state index contributed by atoms with van der Waals surface area (Å²) in [5.41, 5.74) is 2.55. The molecule has 3 N–H and O–H groups in total. The molecule has 5 rings (SSSR count). The van der Waals surface area contributed by atoms with Gasteiger partial charge in [0, 0.05) is 24.8 Å². The van der Waals surface area contributed by atoms with Gasteiger partial charge in [0.05, 0.1) is 48.2 Å². The molecule has 1 aliphatic rings. The number of carbonyl (C=O) groups excluding carboxylic acids is 1. The summed E-state index contributed by atoms with van der Waals surface area (Å²) in [5, 5.41) is 14.7. The maximum absolute atomic E-state index is 13.7. The Labute approximate surface area is 230 Å². The van der Waals surface area contributed by atoms with Crippen molar-refractivity contribution >= 4 is 11.9 Å². The zero-order chi connectivity index (χ0) is 28.0. The number of aromatic nitrogens is 4. The van der Waals surface area contributed by atoms with Crippen molar-refractivity contribution in [1.82, 2.24) is 25.3 Å². The second kappa shape index (κ2) is 12.0. The second-order valence-corrected chi connectivity index (χ2v) is 9.64. The number of hydrogen-bond donors (Lipinski definition) is 3. The third kappa shape index (κ3) is 6.14. The van der Waals surface area contributed by atoms with E-state index in [1.54, 1.807) is 31.3 Å². The number of nitrogens with one attached hydrogen (secondary N) is 3. The summed E-state index contributed by atoms with van der Waals surface area (Å²) in [4.78, 5) is 29.6. The van der Waals surface area contributed by atoms with Crippen LogP contribution in [0.2, 0.25) is 0 Å². The molecule has 1 saturated heterocycles. The van der Waals surface area contributed by atoms with E-state index in [0.717, 1.165) is 5.56 Å². The van der Waals surface area contributed by atoms with Crippen LogP contribution in [0.25, 0.3) is 22.6 Å². The number of rotatable bonds is 9. The number of nitriles is 1. The van der Waals surface area contributed by atoms with Crippen LogP contribution in [0.4, 0.5) is 10.3 Å². The maximum Gasteiger partial charge on any atom is 0.230 e. The Bertz CT molecular complexity index is 1490. The van der Waals surface area contributed by atoms with E-state index >= 15 is 0 Å². The molecule has 0 atom stereocenters. The number of nitrogens with zero attached hydrogens (tertiary/aromatic N) is 4. The lowest BCUT2D eigenvalue weighted by Gasteiger charge is -2.35. The van der Waals surface area contributed by atoms with Crippen LogP contribution >= 0.6 is 0 Å². The second-order valence-electron chi connectivity index (χ2n) is 9.64. The Morgan fingerprint density at radius 1 is 1.12 bits per heavy atom. The first-order valence-electron chi connectivity index (χ1n) is 12.8. The lowest BCUT2D eigenvalue weighted by atomic mass is 9.91. The summed E-state index contributed by atoms with van der Waals surface area (Å²) >= 11 is 0. The molecule has 0 saturated carbocycles. The van der Waals surface area contributed by atoms with Gasteiger partial charge in [-0.05, 0) is 42.8 Å². The van der Waals surface area contributed by atoms with Crippen LogP contribution in [0.5, 0.6) is 0 Å². The molecule has 204 valence electrons. The first-order chi connectivity index (χ1) is 19.4. The van der Waals surface area contributed by atoms with Gasteiger partial charge in [-0.2, -0.15) is 5.26 Å². The average Bonchev–Trinajstić information content (AvgIpc) is 3.43. The topological polar surface area (TPSA) is 138 Å². The van der Waals surface area contributed by atoms with Crippen LogP contribution < -0.4 is 10.6 Å². The largest absolute Gasteiger partial charge is 0.354 e. The van der Waals surface area contributed by atoms with Gasteiger partial charge in [-0.15, -0.1) is 0 Å². The van der Waals surface area contributed by atoms with E-state index in [1.807, 2.05) is 36.4 Å². The summed E-state index contributed by atoms with van der Waals surface area (Å²) in [6.45, 7) is 2.75. The Balaban J connectivity index is 1.39. The predicted molar refractivity (Wildman–Crippen MR) is 145 cm³/mol. The van der Waals surface area contributed by atoms with E-state index in [0.29, 0.717) is 41.0 Å². The highest BCUT2D eigenvalue weighted by Gasteiger charge is 2.40. The average molecular weight is 542 g/mol. The van der Waals surface area contributed by atoms with Gasteiger partial charge in [-0.1, -0.05) is 30.3 Å². The van der Waals surface area contributed by atoms with Crippen LogP contribution in [0.3, 0.4) is 0 Å². The number of anilines is 1. The summed E-state index contributed by atoms with van der Waals surface area (Å²) in [5.74, 6) is 0.219. The fourth-order valence-electron chi connectivity index (χ4n) is 4.21. The van der Waals surface area contributed by atoms with Crippen molar-refractivity contribution in [2.24, 2.45) is 5.41 Å². The molecular weight excluding hydrogens is 513 g/mol. The van der Waals surface area contributed by atoms with Crippen molar-refractivity contribution in [2.75, 3.05) is 25.1 Å². The minimum Gasteiger partial charge on any atom is -0.354 e. The van der Waals surface area contributed by atoms with E-state index in [-0.39, 0.29) is 37.9 Å². The van der Waals surface area contributed by atoms with Gasteiger partial charge in [0.15, 0.2) is 5.82 Å². The van der Waals surface area contributed by atoms with Crippen LogP contribution in [0.1, 0.15) is 31.0 Å². The van der Waals surface area contributed by atoms with E-state index in [2.05, 4.69) is 25.6 Å². The summed E-state index contributed by atoms with van der Waals surface area (Å²) in [6.07, 6.45) is 1.01. The van der Waals surface area contributed by atoms with Crippen LogP contribution in [0.15, 0.2) is 66.9 Å². The van der Waals surface area contributed by atoms with Crippen molar-refractivity contribution in [1.29, 1.82) is 5.26 Å². The monoisotopic (exact) mass is 541 g/mol. The first-order valence-corrected chi connectivity index (χ1v) is 12.8. The fourth-order valence-corrected chi connectivity index (χ4v) is 4.21. The zero-order valence-corrected chi connectivity index (χ0v) is 21.9. The first kappa shape index (κ1) is 26.9. The Kier molecular flexibility index (Phi) is 8.10. The number of halogens is 1. The molecule has 4 aromatic rings. The highest BCUT2D eigenvalue weighted by molar-refractivity contribution is 5.82. The van der Waals surface area contributed by atoms with Gasteiger partial charge in [0.1, 0.15) is 5.82 Å². The summed E-state index contributed by atoms with van der Waals surface area (Å²) in [6, 6.07) is 19.7. The highest BCUT2D eigenvalue weighted by atomic mass is 19.1. The van der Waals surface area contributed by atoms with Crippen molar-refractivity contribution in [3.63, 3.8) is 0 Å². The van der Waals surface area contributed by atoms with Gasteiger partial charge in [0.25, 0.3) is 0 Å². The molecule has 1 fully saturated rings. The minimum atomic E-state index is -0.910. The Hall–Kier alpha value is -4.66. The van der Waals surface area contributed by atoms with Crippen molar-refractivity contribution < 1.29 is 18.7 Å². The Morgan fingerprint density at radius 2 is 1.88 bits per heavy atom. The standard InChI is InChI=1S/C29H28FN7O3/c1-29(27(38)32-14-5-13-31)17-39-26(40-18-29)25-36-23(20-8-10-21(30)11-9-20)24(37-25)22-12-15-33-28(35-22)34-16-19-6-3-2-4-7-19/h2-4,6-12,15,26H,5,14,16-18H2,1H3,(H,32,38)(H,36,37)(H,33,34,35). The number of ether oxygens (including phenoxy) is 2. The molecule has 0 bridgehead atoms. The van der Waals surface area contributed by atoms with Crippen LogP contribution in [0, 0.1) is 22.6 Å². The number of benzene rings is 2. The van der Waals surface area contributed by atoms with E-state index < -0.39 is 11.7 Å². The van der Waals surface area contributed by atoms with Crippen LogP contribution in [-0.4, -0.2) is 45.6 Å². The number of carbonyl (C=O) groups is 1. The molecule has 0 radical (unpaired) electrons. The molecule has 2 aromatic carbocycles. The molecule has 2 aromatic heterocycles. The van der Waals surface area contributed by atoms with E-state index in [1.165, 1.54) is 12.1 Å². The molecule has 0 aliphatic carbocycles.